The molecular formula is C20H30IN5O2. The lowest BCUT2D eigenvalue weighted by Crippen LogP contribution is -2.50. The maximum absolute atomic E-state index is 6.00. The standard InChI is InChI=1S/C20H29N5O2.HI/c1-24-14-16(13-22-24)19-15-25(10-12-27-19)20(23-17-5-2-3-6-17)21-9-8-18-7-4-11-26-18;/h4,7,11,13-14,17,19H,2-3,5-6,8-10,12,15H2,1H3,(H,21,23);1H. The minimum atomic E-state index is 0. The van der Waals surface area contributed by atoms with Gasteiger partial charge < -0.3 is 19.4 Å². The Bertz CT molecular complexity index is 740. The lowest BCUT2D eigenvalue weighted by atomic mass is 10.1. The third kappa shape index (κ3) is 5.50. The fourth-order valence-electron chi connectivity index (χ4n) is 3.87. The van der Waals surface area contributed by atoms with Crippen molar-refractivity contribution in [2.75, 3.05) is 26.2 Å². The lowest BCUT2D eigenvalue weighted by molar-refractivity contribution is -0.00826. The van der Waals surface area contributed by atoms with Crippen molar-refractivity contribution in [1.82, 2.24) is 20.0 Å². The predicted molar refractivity (Wildman–Crippen MR) is 119 cm³/mol. The molecule has 2 fully saturated rings. The molecule has 1 atom stereocenters. The molecule has 0 aromatic carbocycles. The molecule has 1 aliphatic carbocycles. The van der Waals surface area contributed by atoms with Gasteiger partial charge in [0.2, 0.25) is 0 Å². The van der Waals surface area contributed by atoms with E-state index >= 15 is 0 Å². The van der Waals surface area contributed by atoms with Gasteiger partial charge in [-0.05, 0) is 25.0 Å². The Morgan fingerprint density at radius 3 is 2.93 bits per heavy atom. The van der Waals surface area contributed by atoms with Gasteiger partial charge in [0, 0.05) is 44.4 Å². The molecule has 1 aliphatic heterocycles. The van der Waals surface area contributed by atoms with Gasteiger partial charge in [-0.1, -0.05) is 12.8 Å². The van der Waals surface area contributed by atoms with E-state index < -0.39 is 0 Å². The topological polar surface area (TPSA) is 67.8 Å². The summed E-state index contributed by atoms with van der Waals surface area (Å²) in [5.41, 5.74) is 1.12. The lowest BCUT2D eigenvalue weighted by Gasteiger charge is -2.36. The average molecular weight is 499 g/mol. The van der Waals surface area contributed by atoms with E-state index in [1.54, 1.807) is 6.26 Å². The predicted octanol–water partition coefficient (Wildman–Crippen LogP) is 3.14. The number of morpholine rings is 1. The molecule has 2 aromatic heterocycles. The van der Waals surface area contributed by atoms with Crippen molar-refractivity contribution >= 4 is 29.9 Å². The molecule has 1 saturated heterocycles. The van der Waals surface area contributed by atoms with Crippen LogP contribution in [0, 0.1) is 0 Å². The van der Waals surface area contributed by atoms with Crippen LogP contribution in [0.2, 0.25) is 0 Å². The van der Waals surface area contributed by atoms with Crippen LogP contribution in [-0.2, 0) is 18.2 Å². The molecular weight excluding hydrogens is 469 g/mol. The smallest absolute Gasteiger partial charge is 0.194 e. The Kier molecular flexibility index (Phi) is 7.78. The van der Waals surface area contributed by atoms with Crippen LogP contribution < -0.4 is 5.32 Å². The van der Waals surface area contributed by atoms with Gasteiger partial charge in [-0.3, -0.25) is 9.67 Å². The minimum absolute atomic E-state index is 0. The van der Waals surface area contributed by atoms with Crippen molar-refractivity contribution in [2.24, 2.45) is 12.0 Å². The Balaban J connectivity index is 0.00000225. The SMILES string of the molecule is Cn1cc(C2CN(C(=NCCc3ccco3)NC3CCCC3)CCO2)cn1.I. The second-order valence-electron chi connectivity index (χ2n) is 7.41. The second kappa shape index (κ2) is 10.3. The molecule has 28 heavy (non-hydrogen) atoms. The van der Waals surface area contributed by atoms with Crippen LogP contribution in [-0.4, -0.2) is 52.9 Å². The molecule has 1 unspecified atom stereocenters. The van der Waals surface area contributed by atoms with E-state index in [2.05, 4.69) is 15.3 Å². The van der Waals surface area contributed by atoms with Crippen LogP contribution >= 0.6 is 24.0 Å². The number of nitrogens with zero attached hydrogens (tertiary/aromatic N) is 4. The Hall–Kier alpha value is -1.55. The highest BCUT2D eigenvalue weighted by Gasteiger charge is 2.27. The average Bonchev–Trinajstić information content (AvgIpc) is 3.44. The third-order valence-corrected chi connectivity index (χ3v) is 5.35. The maximum atomic E-state index is 6.00. The summed E-state index contributed by atoms with van der Waals surface area (Å²) < 4.78 is 13.3. The largest absolute Gasteiger partial charge is 0.469 e. The van der Waals surface area contributed by atoms with E-state index in [9.17, 15) is 0 Å². The van der Waals surface area contributed by atoms with Crippen LogP contribution in [0.5, 0.6) is 0 Å². The number of hydrogen-bond acceptors (Lipinski definition) is 4. The molecule has 2 aromatic rings. The van der Waals surface area contributed by atoms with Crippen molar-refractivity contribution in [3.63, 3.8) is 0 Å². The highest BCUT2D eigenvalue weighted by Crippen LogP contribution is 2.23. The summed E-state index contributed by atoms with van der Waals surface area (Å²) in [6, 6.07) is 4.47. The third-order valence-electron chi connectivity index (χ3n) is 5.35. The fourth-order valence-corrected chi connectivity index (χ4v) is 3.87. The monoisotopic (exact) mass is 499 g/mol. The molecule has 154 valence electrons. The number of aromatic nitrogens is 2. The maximum Gasteiger partial charge on any atom is 0.194 e. The summed E-state index contributed by atoms with van der Waals surface area (Å²) in [4.78, 5) is 7.25. The van der Waals surface area contributed by atoms with Gasteiger partial charge in [-0.15, -0.1) is 24.0 Å². The van der Waals surface area contributed by atoms with E-state index in [0.717, 1.165) is 43.3 Å². The molecule has 3 heterocycles. The van der Waals surface area contributed by atoms with Crippen LogP contribution in [0.4, 0.5) is 0 Å². The Morgan fingerprint density at radius 2 is 2.21 bits per heavy atom. The van der Waals surface area contributed by atoms with Gasteiger partial charge in [-0.2, -0.15) is 5.10 Å². The van der Waals surface area contributed by atoms with E-state index in [1.807, 2.05) is 36.3 Å². The summed E-state index contributed by atoms with van der Waals surface area (Å²) in [5, 5.41) is 8.00. The number of ether oxygens (including phenoxy) is 1. The van der Waals surface area contributed by atoms with E-state index in [-0.39, 0.29) is 30.1 Å². The van der Waals surface area contributed by atoms with Crippen LogP contribution in [0.25, 0.3) is 0 Å². The van der Waals surface area contributed by atoms with Gasteiger partial charge >= 0.3 is 0 Å². The summed E-state index contributed by atoms with van der Waals surface area (Å²) in [7, 11) is 1.94. The molecule has 0 amide bonds. The highest BCUT2D eigenvalue weighted by atomic mass is 127. The van der Waals surface area contributed by atoms with Gasteiger partial charge in [0.1, 0.15) is 11.9 Å². The second-order valence-corrected chi connectivity index (χ2v) is 7.41. The fraction of sp³-hybridized carbons (Fsp3) is 0.600. The molecule has 0 bridgehead atoms. The minimum Gasteiger partial charge on any atom is -0.469 e. The van der Waals surface area contributed by atoms with Crippen molar-refractivity contribution in [3.05, 3.63) is 42.1 Å². The number of rotatable bonds is 5. The molecule has 0 spiro atoms. The number of halogens is 1. The highest BCUT2D eigenvalue weighted by molar-refractivity contribution is 14.0. The number of aliphatic imine (C=N–C) groups is 1. The number of aryl methyl sites for hydroxylation is 1. The quantitative estimate of drug-likeness (QED) is 0.389. The van der Waals surface area contributed by atoms with E-state index in [1.165, 1.54) is 25.7 Å². The zero-order chi connectivity index (χ0) is 18.5. The summed E-state index contributed by atoms with van der Waals surface area (Å²) in [6.07, 6.45) is 11.6. The molecule has 1 N–H and O–H groups in total. The zero-order valence-corrected chi connectivity index (χ0v) is 18.7. The number of nitrogens with one attached hydrogen (secondary N) is 1. The first-order valence-corrected chi connectivity index (χ1v) is 9.96. The molecule has 7 nitrogen and oxygen atoms in total. The Morgan fingerprint density at radius 1 is 1.36 bits per heavy atom. The zero-order valence-electron chi connectivity index (χ0n) is 16.4. The first-order chi connectivity index (χ1) is 13.3. The number of furan rings is 1. The van der Waals surface area contributed by atoms with Crippen LogP contribution in [0.3, 0.4) is 0 Å². The van der Waals surface area contributed by atoms with Gasteiger partial charge in [0.15, 0.2) is 5.96 Å². The summed E-state index contributed by atoms with van der Waals surface area (Å²) in [6.45, 7) is 3.07. The van der Waals surface area contributed by atoms with E-state index in [0.29, 0.717) is 12.6 Å². The van der Waals surface area contributed by atoms with Crippen molar-refractivity contribution in [2.45, 2.75) is 44.2 Å². The number of hydrogen-bond donors (Lipinski definition) is 1. The summed E-state index contributed by atoms with van der Waals surface area (Å²) in [5.74, 6) is 1.99. The molecule has 4 rings (SSSR count). The van der Waals surface area contributed by atoms with Crippen molar-refractivity contribution < 1.29 is 9.15 Å². The first kappa shape index (κ1) is 21.2. The molecule has 1 saturated carbocycles. The Labute approximate surface area is 183 Å². The number of guanidine groups is 1. The van der Waals surface area contributed by atoms with Gasteiger partial charge in [0.05, 0.1) is 25.6 Å². The molecule has 2 aliphatic rings. The van der Waals surface area contributed by atoms with Gasteiger partial charge in [0.25, 0.3) is 0 Å². The van der Waals surface area contributed by atoms with Crippen LogP contribution in [0.15, 0.2) is 40.2 Å². The normalized spacial score (nSPS) is 21.0. The van der Waals surface area contributed by atoms with Crippen molar-refractivity contribution in [1.29, 1.82) is 0 Å². The molecule has 8 heteroatoms. The van der Waals surface area contributed by atoms with Crippen molar-refractivity contribution in [3.8, 4) is 0 Å². The summed E-state index contributed by atoms with van der Waals surface area (Å²) >= 11 is 0. The molecule has 0 radical (unpaired) electrons. The van der Waals surface area contributed by atoms with E-state index in [4.69, 9.17) is 14.1 Å². The van der Waals surface area contributed by atoms with Gasteiger partial charge in [-0.25, -0.2) is 0 Å². The first-order valence-electron chi connectivity index (χ1n) is 9.96. The van der Waals surface area contributed by atoms with Crippen LogP contribution in [0.1, 0.15) is 43.1 Å².